The summed E-state index contributed by atoms with van der Waals surface area (Å²) in [4.78, 5) is 1.11. The molecule has 0 radical (unpaired) electrons. The number of benzene rings is 2. The monoisotopic (exact) mass is 374 g/mol. The summed E-state index contributed by atoms with van der Waals surface area (Å²) < 4.78 is 14.3. The Kier molecular flexibility index (Phi) is 5.86. The molecule has 2 nitrogen and oxygen atoms in total. The van der Waals surface area contributed by atoms with Crippen molar-refractivity contribution in [2.24, 2.45) is 5.84 Å². The molecule has 2 aromatic carbocycles. The van der Waals surface area contributed by atoms with E-state index in [1.807, 2.05) is 24.3 Å². The van der Waals surface area contributed by atoms with Crippen LogP contribution < -0.4 is 11.3 Å². The number of nitrogens with one attached hydrogen (secondary N) is 1. The summed E-state index contributed by atoms with van der Waals surface area (Å²) in [5, 5.41) is 0.505. The van der Waals surface area contributed by atoms with Gasteiger partial charge in [-0.05, 0) is 48.0 Å². The van der Waals surface area contributed by atoms with Crippen LogP contribution in [-0.4, -0.2) is 5.75 Å². The zero-order chi connectivity index (χ0) is 14.5. The van der Waals surface area contributed by atoms with Crippen LogP contribution in [-0.2, 0) is 0 Å². The first-order chi connectivity index (χ1) is 9.60. The van der Waals surface area contributed by atoms with Crippen molar-refractivity contribution in [2.45, 2.75) is 10.9 Å². The molecule has 3 N–H and O–H groups in total. The molecule has 106 valence electrons. The van der Waals surface area contributed by atoms with Crippen LogP contribution in [0, 0.1) is 5.82 Å². The number of thioether (sulfide) groups is 1. The predicted molar refractivity (Wildman–Crippen MR) is 86.3 cm³/mol. The van der Waals surface area contributed by atoms with E-state index < -0.39 is 0 Å². The van der Waals surface area contributed by atoms with Crippen molar-refractivity contribution in [3.8, 4) is 0 Å². The molecule has 20 heavy (non-hydrogen) atoms. The van der Waals surface area contributed by atoms with Crippen molar-refractivity contribution >= 4 is 39.3 Å². The normalized spacial score (nSPS) is 12.4. The van der Waals surface area contributed by atoms with Crippen LogP contribution >= 0.6 is 39.3 Å². The molecule has 2 rings (SSSR count). The van der Waals surface area contributed by atoms with E-state index in [9.17, 15) is 4.39 Å². The molecule has 1 atom stereocenters. The summed E-state index contributed by atoms with van der Waals surface area (Å²) in [6, 6.07) is 12.0. The highest BCUT2D eigenvalue weighted by molar-refractivity contribution is 9.10. The maximum Gasteiger partial charge on any atom is 0.123 e. The van der Waals surface area contributed by atoms with Gasteiger partial charge in [-0.25, -0.2) is 4.39 Å². The van der Waals surface area contributed by atoms with Gasteiger partial charge in [-0.3, -0.25) is 11.3 Å². The molecular weight excluding hydrogens is 363 g/mol. The second-order valence-electron chi connectivity index (χ2n) is 4.15. The molecule has 2 aromatic rings. The Morgan fingerprint density at radius 2 is 1.95 bits per heavy atom. The lowest BCUT2D eigenvalue weighted by molar-refractivity contribution is 0.591. The molecule has 0 aliphatic heterocycles. The van der Waals surface area contributed by atoms with E-state index in [-0.39, 0.29) is 11.9 Å². The summed E-state index contributed by atoms with van der Waals surface area (Å²) in [7, 11) is 0. The number of rotatable bonds is 5. The maximum atomic E-state index is 13.3. The fourth-order valence-electron chi connectivity index (χ4n) is 1.72. The van der Waals surface area contributed by atoms with Gasteiger partial charge in [-0.2, -0.15) is 0 Å². The predicted octanol–water partition coefficient (Wildman–Crippen LogP) is 4.54. The maximum absolute atomic E-state index is 13.3. The second kappa shape index (κ2) is 7.43. The van der Waals surface area contributed by atoms with E-state index in [0.717, 1.165) is 9.37 Å². The van der Waals surface area contributed by atoms with Gasteiger partial charge in [0.2, 0.25) is 0 Å². The lowest BCUT2D eigenvalue weighted by Crippen LogP contribution is -2.30. The van der Waals surface area contributed by atoms with Gasteiger partial charge in [0, 0.05) is 20.1 Å². The Balaban J connectivity index is 2.09. The van der Waals surface area contributed by atoms with Crippen molar-refractivity contribution in [3.05, 3.63) is 63.3 Å². The minimum absolute atomic E-state index is 0.216. The fraction of sp³-hybridized carbons (Fsp3) is 0.143. The molecule has 0 heterocycles. The minimum atomic E-state index is -0.321. The summed E-state index contributed by atoms with van der Waals surface area (Å²) in [6.07, 6.45) is 0. The van der Waals surface area contributed by atoms with Gasteiger partial charge < -0.3 is 0 Å². The average molecular weight is 376 g/mol. The lowest BCUT2D eigenvalue weighted by atomic mass is 10.1. The van der Waals surface area contributed by atoms with Crippen LogP contribution in [0.5, 0.6) is 0 Å². The van der Waals surface area contributed by atoms with Crippen LogP contribution in [0.1, 0.15) is 11.6 Å². The molecule has 0 aliphatic rings. The van der Waals surface area contributed by atoms with E-state index in [1.165, 1.54) is 12.1 Å². The van der Waals surface area contributed by atoms with Crippen LogP contribution in [0.25, 0.3) is 0 Å². The molecule has 0 aromatic heterocycles. The van der Waals surface area contributed by atoms with Crippen molar-refractivity contribution in [1.82, 2.24) is 5.43 Å². The van der Waals surface area contributed by atoms with E-state index in [4.69, 9.17) is 17.4 Å². The molecule has 0 saturated carbocycles. The Morgan fingerprint density at radius 3 is 2.60 bits per heavy atom. The number of hydrazine groups is 1. The van der Waals surface area contributed by atoms with Gasteiger partial charge in [0.1, 0.15) is 5.82 Å². The van der Waals surface area contributed by atoms with Gasteiger partial charge in [0.25, 0.3) is 0 Å². The molecule has 0 aliphatic carbocycles. The molecule has 0 amide bonds. The largest absolute Gasteiger partial charge is 0.271 e. The van der Waals surface area contributed by atoms with Gasteiger partial charge in [-0.1, -0.05) is 27.5 Å². The highest BCUT2D eigenvalue weighted by atomic mass is 79.9. The number of hydrogen-bond acceptors (Lipinski definition) is 3. The third-order valence-corrected chi connectivity index (χ3v) is 4.74. The molecule has 1 unspecified atom stereocenters. The van der Waals surface area contributed by atoms with E-state index in [0.29, 0.717) is 16.3 Å². The zero-order valence-electron chi connectivity index (χ0n) is 10.4. The zero-order valence-corrected chi connectivity index (χ0v) is 13.6. The highest BCUT2D eigenvalue weighted by Gasteiger charge is 2.14. The Labute approximate surface area is 135 Å². The Bertz CT molecular complexity index is 580. The quantitative estimate of drug-likeness (QED) is 0.458. The molecular formula is C14H13BrClFN2S. The van der Waals surface area contributed by atoms with Crippen LogP contribution in [0.3, 0.4) is 0 Å². The van der Waals surface area contributed by atoms with Crippen LogP contribution in [0.4, 0.5) is 4.39 Å². The fourth-order valence-corrected chi connectivity index (χ4v) is 3.20. The number of hydrogen-bond donors (Lipinski definition) is 2. The van der Waals surface area contributed by atoms with E-state index in [2.05, 4.69) is 21.4 Å². The average Bonchev–Trinajstić information content (AvgIpc) is 2.45. The first-order valence-corrected chi connectivity index (χ1v) is 8.05. The lowest BCUT2D eigenvalue weighted by Gasteiger charge is -2.17. The van der Waals surface area contributed by atoms with Crippen molar-refractivity contribution in [2.75, 3.05) is 5.75 Å². The van der Waals surface area contributed by atoms with Crippen molar-refractivity contribution in [1.29, 1.82) is 0 Å². The van der Waals surface area contributed by atoms with Gasteiger partial charge in [0.05, 0.1) is 6.04 Å². The summed E-state index contributed by atoms with van der Waals surface area (Å²) in [5.41, 5.74) is 3.35. The number of nitrogens with two attached hydrogens (primary N) is 1. The molecule has 0 spiro atoms. The number of halogens is 3. The van der Waals surface area contributed by atoms with Gasteiger partial charge in [0.15, 0.2) is 0 Å². The minimum Gasteiger partial charge on any atom is -0.271 e. The Hall–Kier alpha value is -0.590. The van der Waals surface area contributed by atoms with Crippen molar-refractivity contribution in [3.63, 3.8) is 0 Å². The first kappa shape index (κ1) is 15.8. The summed E-state index contributed by atoms with van der Waals surface area (Å²) in [6.45, 7) is 0. The smallest absolute Gasteiger partial charge is 0.123 e. The molecule has 6 heteroatoms. The molecule has 0 saturated heterocycles. The second-order valence-corrected chi connectivity index (χ2v) is 6.57. The SMILES string of the molecule is NNC(CSc1ccc(Br)cc1)c1cc(F)ccc1Cl. The first-order valence-electron chi connectivity index (χ1n) is 5.89. The van der Waals surface area contributed by atoms with Gasteiger partial charge in [-0.15, -0.1) is 11.8 Å². The van der Waals surface area contributed by atoms with E-state index in [1.54, 1.807) is 17.8 Å². The standard InChI is InChI=1S/C14H13BrClFN2S/c15-9-1-4-11(5-2-9)20-8-14(19-18)12-7-10(17)3-6-13(12)16/h1-7,14,19H,8,18H2. The molecule has 0 fully saturated rings. The van der Waals surface area contributed by atoms with Gasteiger partial charge >= 0.3 is 0 Å². The van der Waals surface area contributed by atoms with Crippen LogP contribution in [0.2, 0.25) is 5.02 Å². The summed E-state index contributed by atoms with van der Waals surface area (Å²) in [5.74, 6) is 5.89. The summed E-state index contributed by atoms with van der Waals surface area (Å²) >= 11 is 11.1. The highest BCUT2D eigenvalue weighted by Crippen LogP contribution is 2.29. The molecule has 0 bridgehead atoms. The topological polar surface area (TPSA) is 38.0 Å². The third-order valence-electron chi connectivity index (χ3n) is 2.76. The van der Waals surface area contributed by atoms with Crippen molar-refractivity contribution < 1.29 is 4.39 Å². The van der Waals surface area contributed by atoms with Crippen LogP contribution in [0.15, 0.2) is 51.8 Å². The third kappa shape index (κ3) is 4.20. The Morgan fingerprint density at radius 1 is 1.25 bits per heavy atom. The van der Waals surface area contributed by atoms with E-state index >= 15 is 0 Å².